The molecule has 0 spiro atoms. The Balaban J connectivity index is 1.44. The van der Waals surface area contributed by atoms with Crippen LogP contribution in [-0.2, 0) is 11.3 Å². The standard InChI is InChI=1S/C19H23N3O2/c1-2-8-21-18(3-1)24-15-19-7-12-23-17(19)6-11-22(14-19)13-16-4-9-20-10-5-16/h1-5,8-10,17H,6-7,11-15H2/t17-,19+/m0/s1. The molecule has 4 rings (SSSR count). The number of aromatic nitrogens is 2. The van der Waals surface area contributed by atoms with Gasteiger partial charge in [0.2, 0.25) is 5.88 Å². The second-order valence-electron chi connectivity index (χ2n) is 6.78. The van der Waals surface area contributed by atoms with Crippen LogP contribution in [0.1, 0.15) is 18.4 Å². The van der Waals surface area contributed by atoms with Crippen molar-refractivity contribution >= 4 is 0 Å². The fraction of sp³-hybridized carbons (Fsp3) is 0.474. The van der Waals surface area contributed by atoms with Crippen LogP contribution in [0, 0.1) is 5.41 Å². The van der Waals surface area contributed by atoms with Gasteiger partial charge in [0.15, 0.2) is 0 Å². The summed E-state index contributed by atoms with van der Waals surface area (Å²) in [6, 6.07) is 9.96. The first-order valence-electron chi connectivity index (χ1n) is 8.61. The van der Waals surface area contributed by atoms with Crippen molar-refractivity contribution in [1.29, 1.82) is 0 Å². The molecule has 0 amide bonds. The molecule has 0 unspecified atom stereocenters. The highest BCUT2D eigenvalue weighted by Gasteiger charge is 2.48. The lowest BCUT2D eigenvalue weighted by Gasteiger charge is -2.43. The van der Waals surface area contributed by atoms with Gasteiger partial charge in [0.1, 0.15) is 0 Å². The van der Waals surface area contributed by atoms with Crippen LogP contribution in [0.25, 0.3) is 0 Å². The Kier molecular flexibility index (Phi) is 4.45. The van der Waals surface area contributed by atoms with Crippen molar-refractivity contribution < 1.29 is 9.47 Å². The molecular weight excluding hydrogens is 302 g/mol. The summed E-state index contributed by atoms with van der Waals surface area (Å²) in [6.45, 7) is 4.53. The summed E-state index contributed by atoms with van der Waals surface area (Å²) >= 11 is 0. The van der Waals surface area contributed by atoms with Crippen LogP contribution in [0.4, 0.5) is 0 Å². The number of hydrogen-bond donors (Lipinski definition) is 0. The molecule has 5 nitrogen and oxygen atoms in total. The molecule has 0 aliphatic carbocycles. The lowest BCUT2D eigenvalue weighted by atomic mass is 9.77. The van der Waals surface area contributed by atoms with Crippen molar-refractivity contribution in [3.63, 3.8) is 0 Å². The van der Waals surface area contributed by atoms with Gasteiger partial charge >= 0.3 is 0 Å². The molecule has 126 valence electrons. The van der Waals surface area contributed by atoms with E-state index in [0.717, 1.165) is 39.1 Å². The van der Waals surface area contributed by atoms with Gasteiger partial charge in [-0.15, -0.1) is 0 Å². The number of piperidine rings is 1. The minimum Gasteiger partial charge on any atom is -0.477 e. The fourth-order valence-electron chi connectivity index (χ4n) is 3.88. The summed E-state index contributed by atoms with van der Waals surface area (Å²) in [5, 5.41) is 0. The highest BCUT2D eigenvalue weighted by molar-refractivity contribution is 5.12. The summed E-state index contributed by atoms with van der Waals surface area (Å²) in [5.41, 5.74) is 1.38. The first-order chi connectivity index (χ1) is 11.8. The Labute approximate surface area is 142 Å². The summed E-state index contributed by atoms with van der Waals surface area (Å²) in [5.74, 6) is 0.698. The maximum atomic E-state index is 6.02. The maximum absolute atomic E-state index is 6.02. The van der Waals surface area contributed by atoms with Crippen LogP contribution in [0.2, 0.25) is 0 Å². The maximum Gasteiger partial charge on any atom is 0.213 e. The van der Waals surface area contributed by atoms with Crippen molar-refractivity contribution in [2.24, 2.45) is 5.41 Å². The van der Waals surface area contributed by atoms with Crippen LogP contribution < -0.4 is 4.74 Å². The van der Waals surface area contributed by atoms with E-state index in [2.05, 4.69) is 27.0 Å². The molecule has 0 aromatic carbocycles. The molecule has 24 heavy (non-hydrogen) atoms. The van der Waals surface area contributed by atoms with Crippen molar-refractivity contribution in [3.8, 4) is 5.88 Å². The van der Waals surface area contributed by atoms with Gasteiger partial charge in [0, 0.05) is 56.3 Å². The molecule has 2 aliphatic rings. The number of pyridine rings is 2. The molecule has 2 atom stereocenters. The second kappa shape index (κ2) is 6.87. The van der Waals surface area contributed by atoms with E-state index >= 15 is 0 Å². The van der Waals surface area contributed by atoms with Crippen LogP contribution in [-0.4, -0.2) is 47.3 Å². The minimum atomic E-state index is 0.0722. The first-order valence-corrected chi connectivity index (χ1v) is 8.61. The lowest BCUT2D eigenvalue weighted by molar-refractivity contribution is -0.0420. The monoisotopic (exact) mass is 325 g/mol. The molecule has 0 saturated carbocycles. The van der Waals surface area contributed by atoms with Crippen LogP contribution in [0.3, 0.4) is 0 Å². The highest BCUT2D eigenvalue weighted by atomic mass is 16.5. The minimum absolute atomic E-state index is 0.0722. The number of fused-ring (bicyclic) bond motifs is 1. The topological polar surface area (TPSA) is 47.5 Å². The average molecular weight is 325 g/mol. The Morgan fingerprint density at radius 1 is 1.21 bits per heavy atom. The molecule has 2 aliphatic heterocycles. The quantitative estimate of drug-likeness (QED) is 0.845. The fourth-order valence-corrected chi connectivity index (χ4v) is 3.88. The molecule has 5 heteroatoms. The van der Waals surface area contributed by atoms with Gasteiger partial charge in [0.25, 0.3) is 0 Å². The van der Waals surface area contributed by atoms with Gasteiger partial charge in [-0.25, -0.2) is 4.98 Å². The van der Waals surface area contributed by atoms with Gasteiger partial charge in [-0.1, -0.05) is 6.07 Å². The van der Waals surface area contributed by atoms with E-state index in [-0.39, 0.29) is 5.41 Å². The zero-order valence-corrected chi connectivity index (χ0v) is 13.8. The summed E-state index contributed by atoms with van der Waals surface area (Å²) in [4.78, 5) is 10.9. The molecule has 0 radical (unpaired) electrons. The zero-order valence-electron chi connectivity index (χ0n) is 13.8. The van der Waals surface area contributed by atoms with E-state index in [1.54, 1.807) is 6.20 Å². The Bertz CT molecular complexity index is 652. The molecule has 2 aromatic rings. The predicted octanol–water partition coefficient (Wildman–Crippen LogP) is 2.54. The smallest absolute Gasteiger partial charge is 0.213 e. The van der Waals surface area contributed by atoms with Crippen molar-refractivity contribution in [2.75, 3.05) is 26.3 Å². The Hall–Kier alpha value is -1.98. The second-order valence-corrected chi connectivity index (χ2v) is 6.78. The lowest BCUT2D eigenvalue weighted by Crippen LogP contribution is -2.52. The molecular formula is C19H23N3O2. The third kappa shape index (κ3) is 3.28. The predicted molar refractivity (Wildman–Crippen MR) is 90.7 cm³/mol. The third-order valence-electron chi connectivity index (χ3n) is 5.15. The number of rotatable bonds is 5. The molecule has 2 saturated heterocycles. The van der Waals surface area contributed by atoms with Gasteiger partial charge in [-0.05, 0) is 36.6 Å². The number of hydrogen-bond acceptors (Lipinski definition) is 5. The largest absolute Gasteiger partial charge is 0.477 e. The number of likely N-dealkylation sites (tertiary alicyclic amines) is 1. The van der Waals surface area contributed by atoms with E-state index in [9.17, 15) is 0 Å². The number of ether oxygens (including phenoxy) is 2. The van der Waals surface area contributed by atoms with E-state index < -0.39 is 0 Å². The van der Waals surface area contributed by atoms with Crippen LogP contribution >= 0.6 is 0 Å². The van der Waals surface area contributed by atoms with Gasteiger partial charge in [-0.3, -0.25) is 9.88 Å². The van der Waals surface area contributed by atoms with Crippen LogP contribution in [0.15, 0.2) is 48.9 Å². The Morgan fingerprint density at radius 3 is 2.96 bits per heavy atom. The molecule has 0 bridgehead atoms. The first kappa shape index (κ1) is 15.5. The molecule has 2 aromatic heterocycles. The third-order valence-corrected chi connectivity index (χ3v) is 5.15. The number of nitrogens with zero attached hydrogens (tertiary/aromatic N) is 3. The van der Waals surface area contributed by atoms with E-state index in [0.29, 0.717) is 18.6 Å². The zero-order chi connectivity index (χ0) is 16.2. The SMILES string of the molecule is c1ccc(OC[C@]23CCO[C@H]2CCN(Cc2ccncc2)C3)nc1. The van der Waals surface area contributed by atoms with Crippen LogP contribution in [0.5, 0.6) is 5.88 Å². The molecule has 4 heterocycles. The summed E-state index contributed by atoms with van der Waals surface area (Å²) in [7, 11) is 0. The normalized spacial score (nSPS) is 26.9. The van der Waals surface area contributed by atoms with Gasteiger partial charge in [-0.2, -0.15) is 0 Å². The Morgan fingerprint density at radius 2 is 2.12 bits per heavy atom. The summed E-state index contributed by atoms with van der Waals surface area (Å²) < 4.78 is 12.0. The van der Waals surface area contributed by atoms with Crippen molar-refractivity contribution in [1.82, 2.24) is 14.9 Å². The van der Waals surface area contributed by atoms with E-state index in [1.807, 2.05) is 30.6 Å². The van der Waals surface area contributed by atoms with Crippen molar-refractivity contribution in [3.05, 3.63) is 54.5 Å². The van der Waals surface area contributed by atoms with E-state index in [1.165, 1.54) is 5.56 Å². The molecule has 0 N–H and O–H groups in total. The van der Waals surface area contributed by atoms with Gasteiger partial charge in [0.05, 0.1) is 12.7 Å². The van der Waals surface area contributed by atoms with Crippen molar-refractivity contribution in [2.45, 2.75) is 25.5 Å². The molecule has 2 fully saturated rings. The summed E-state index contributed by atoms with van der Waals surface area (Å²) in [6.07, 6.45) is 7.91. The highest BCUT2D eigenvalue weighted by Crippen LogP contribution is 2.41. The van der Waals surface area contributed by atoms with E-state index in [4.69, 9.17) is 9.47 Å². The van der Waals surface area contributed by atoms with Gasteiger partial charge < -0.3 is 9.47 Å². The average Bonchev–Trinajstić information content (AvgIpc) is 3.05.